The summed E-state index contributed by atoms with van der Waals surface area (Å²) in [6.07, 6.45) is 0.372. The average Bonchev–Trinajstić information content (AvgIpc) is 2.54. The van der Waals surface area contributed by atoms with Crippen LogP contribution in [0.4, 0.5) is 0 Å². The summed E-state index contributed by atoms with van der Waals surface area (Å²) in [5, 5.41) is 5.02. The number of Topliss-reactive ketones (excluding diaryl/α,β-unsaturated/α-hetero) is 1. The molecule has 3 N–H and O–H groups in total. The highest BCUT2D eigenvalue weighted by Gasteiger charge is 2.15. The van der Waals surface area contributed by atoms with E-state index in [4.69, 9.17) is 5.14 Å². The third-order valence-corrected chi connectivity index (χ3v) is 5.90. The van der Waals surface area contributed by atoms with Crippen LogP contribution in [0, 0.1) is 0 Å². The number of ketones is 1. The quantitative estimate of drug-likeness (QED) is 0.693. The van der Waals surface area contributed by atoms with Crippen LogP contribution in [0.2, 0.25) is 0 Å². The highest BCUT2D eigenvalue weighted by atomic mass is 32.2. The molecule has 0 saturated carbocycles. The molecule has 2 rings (SSSR count). The van der Waals surface area contributed by atoms with Crippen LogP contribution < -0.4 is 9.86 Å². The molecule has 7 nitrogen and oxygen atoms in total. The Morgan fingerprint density at radius 1 is 1.00 bits per heavy atom. The molecule has 25 heavy (non-hydrogen) atoms. The Morgan fingerprint density at radius 2 is 1.64 bits per heavy atom. The summed E-state index contributed by atoms with van der Waals surface area (Å²) in [6.45, 7) is 1.49. The monoisotopic (exact) mass is 382 g/mol. The standard InChI is InChI=1S/C16H18N2O5S2/c1-12(19)14-3-2-4-16(11-14)25(22,23)18-10-9-13-5-7-15(8-6-13)24(17,20)21/h2-8,11,18H,9-10H2,1H3,(H2,17,20,21). The van der Waals surface area contributed by atoms with E-state index in [1.165, 1.54) is 37.3 Å². The molecule has 0 radical (unpaired) electrons. The Labute approximate surface area is 147 Å². The van der Waals surface area contributed by atoms with Crippen molar-refractivity contribution in [2.45, 2.75) is 23.1 Å². The molecule has 0 aromatic heterocycles. The Hall–Kier alpha value is -2.07. The number of benzene rings is 2. The van der Waals surface area contributed by atoms with Gasteiger partial charge in [-0.3, -0.25) is 4.79 Å². The van der Waals surface area contributed by atoms with Crippen LogP contribution in [0.3, 0.4) is 0 Å². The molecule has 0 aliphatic rings. The number of rotatable bonds is 7. The Balaban J connectivity index is 2.03. The van der Waals surface area contributed by atoms with Crippen LogP contribution in [-0.2, 0) is 26.5 Å². The first kappa shape index (κ1) is 19.3. The molecule has 0 aliphatic carbocycles. The molecule has 0 atom stereocenters. The number of primary sulfonamides is 1. The van der Waals surface area contributed by atoms with E-state index in [1.807, 2.05) is 0 Å². The lowest BCUT2D eigenvalue weighted by Gasteiger charge is -2.08. The summed E-state index contributed by atoms with van der Waals surface area (Å²) in [5.74, 6) is -0.216. The van der Waals surface area contributed by atoms with Gasteiger partial charge < -0.3 is 0 Å². The Kier molecular flexibility index (Phi) is 5.73. The first-order valence-corrected chi connectivity index (χ1v) is 10.3. The van der Waals surface area contributed by atoms with Crippen molar-refractivity contribution in [2.24, 2.45) is 5.14 Å². The summed E-state index contributed by atoms with van der Waals surface area (Å²) >= 11 is 0. The highest BCUT2D eigenvalue weighted by molar-refractivity contribution is 7.89. The van der Waals surface area contributed by atoms with E-state index in [1.54, 1.807) is 18.2 Å². The van der Waals surface area contributed by atoms with Crippen molar-refractivity contribution in [1.82, 2.24) is 4.72 Å². The number of carbonyl (C=O) groups excluding carboxylic acids is 1. The van der Waals surface area contributed by atoms with E-state index in [0.29, 0.717) is 12.0 Å². The van der Waals surface area contributed by atoms with Gasteiger partial charge in [-0.05, 0) is 43.2 Å². The lowest BCUT2D eigenvalue weighted by atomic mass is 10.2. The topological polar surface area (TPSA) is 123 Å². The molecule has 0 saturated heterocycles. The smallest absolute Gasteiger partial charge is 0.240 e. The van der Waals surface area contributed by atoms with Gasteiger partial charge in [0.05, 0.1) is 9.79 Å². The predicted octanol–water partition coefficient (Wildman–Crippen LogP) is 1.06. The predicted molar refractivity (Wildman–Crippen MR) is 93.2 cm³/mol. The molecule has 0 fully saturated rings. The number of hydrogen-bond donors (Lipinski definition) is 2. The van der Waals surface area contributed by atoms with Gasteiger partial charge in [-0.15, -0.1) is 0 Å². The second-order valence-electron chi connectivity index (χ2n) is 5.42. The minimum atomic E-state index is -3.75. The van der Waals surface area contributed by atoms with Gasteiger partial charge in [0.1, 0.15) is 0 Å². The van der Waals surface area contributed by atoms with Crippen molar-refractivity contribution in [3.05, 3.63) is 59.7 Å². The number of hydrogen-bond acceptors (Lipinski definition) is 5. The molecular formula is C16H18N2O5S2. The van der Waals surface area contributed by atoms with Crippen LogP contribution in [0.5, 0.6) is 0 Å². The van der Waals surface area contributed by atoms with Crippen molar-refractivity contribution in [1.29, 1.82) is 0 Å². The van der Waals surface area contributed by atoms with E-state index in [0.717, 1.165) is 5.56 Å². The number of nitrogens with two attached hydrogens (primary N) is 1. The number of carbonyl (C=O) groups is 1. The first-order valence-electron chi connectivity index (χ1n) is 7.32. The van der Waals surface area contributed by atoms with E-state index in [-0.39, 0.29) is 22.1 Å². The first-order chi connectivity index (χ1) is 11.6. The van der Waals surface area contributed by atoms with Gasteiger partial charge in [0.2, 0.25) is 20.0 Å². The lowest BCUT2D eigenvalue weighted by Crippen LogP contribution is -2.26. The third-order valence-electron chi connectivity index (χ3n) is 3.51. The van der Waals surface area contributed by atoms with E-state index >= 15 is 0 Å². The van der Waals surface area contributed by atoms with Gasteiger partial charge in [-0.25, -0.2) is 26.7 Å². The lowest BCUT2D eigenvalue weighted by molar-refractivity contribution is 0.101. The minimum Gasteiger partial charge on any atom is -0.295 e. The van der Waals surface area contributed by atoms with Gasteiger partial charge in [-0.2, -0.15) is 0 Å². The molecule has 2 aromatic rings. The minimum absolute atomic E-state index is 0.00196. The van der Waals surface area contributed by atoms with Crippen molar-refractivity contribution in [2.75, 3.05) is 6.54 Å². The molecule has 9 heteroatoms. The summed E-state index contributed by atoms with van der Waals surface area (Å²) < 4.78 is 49.4. The van der Waals surface area contributed by atoms with E-state index in [2.05, 4.69) is 4.72 Å². The van der Waals surface area contributed by atoms with Crippen LogP contribution in [0.1, 0.15) is 22.8 Å². The van der Waals surface area contributed by atoms with Gasteiger partial charge in [-0.1, -0.05) is 24.3 Å². The zero-order chi connectivity index (χ0) is 18.7. The number of sulfonamides is 2. The molecule has 134 valence electrons. The van der Waals surface area contributed by atoms with Crippen LogP contribution in [0.25, 0.3) is 0 Å². The molecule has 0 amide bonds. The van der Waals surface area contributed by atoms with Crippen molar-refractivity contribution >= 4 is 25.8 Å². The Bertz CT molecular complexity index is 981. The summed E-state index contributed by atoms with van der Waals surface area (Å²) in [4.78, 5) is 11.4. The second kappa shape index (κ2) is 7.44. The van der Waals surface area contributed by atoms with Gasteiger partial charge >= 0.3 is 0 Å². The van der Waals surface area contributed by atoms with Gasteiger partial charge in [0, 0.05) is 12.1 Å². The van der Waals surface area contributed by atoms with Crippen molar-refractivity contribution < 1.29 is 21.6 Å². The van der Waals surface area contributed by atoms with E-state index < -0.39 is 20.0 Å². The van der Waals surface area contributed by atoms with Crippen LogP contribution >= 0.6 is 0 Å². The summed E-state index contributed by atoms with van der Waals surface area (Å²) in [6, 6.07) is 11.7. The normalized spacial score (nSPS) is 12.1. The maximum absolute atomic E-state index is 12.3. The second-order valence-corrected chi connectivity index (χ2v) is 8.75. The maximum atomic E-state index is 12.3. The zero-order valence-electron chi connectivity index (χ0n) is 13.5. The van der Waals surface area contributed by atoms with Gasteiger partial charge in [0.25, 0.3) is 0 Å². The third kappa shape index (κ3) is 5.20. The zero-order valence-corrected chi connectivity index (χ0v) is 15.1. The molecular weight excluding hydrogens is 364 g/mol. The molecule has 0 spiro atoms. The van der Waals surface area contributed by atoms with Gasteiger partial charge in [0.15, 0.2) is 5.78 Å². The Morgan fingerprint density at radius 3 is 2.20 bits per heavy atom. The molecule has 2 aromatic carbocycles. The van der Waals surface area contributed by atoms with Crippen LogP contribution in [-0.4, -0.2) is 29.2 Å². The fraction of sp³-hybridized carbons (Fsp3) is 0.188. The van der Waals surface area contributed by atoms with Crippen molar-refractivity contribution in [3.8, 4) is 0 Å². The fourth-order valence-corrected chi connectivity index (χ4v) is 3.73. The summed E-state index contributed by atoms with van der Waals surface area (Å²) in [7, 11) is -7.49. The average molecular weight is 382 g/mol. The largest absolute Gasteiger partial charge is 0.295 e. The summed E-state index contributed by atoms with van der Waals surface area (Å²) in [5.41, 5.74) is 1.08. The van der Waals surface area contributed by atoms with Crippen LogP contribution in [0.15, 0.2) is 58.3 Å². The SMILES string of the molecule is CC(=O)c1cccc(S(=O)(=O)NCCc2ccc(S(N)(=O)=O)cc2)c1. The van der Waals surface area contributed by atoms with Crippen molar-refractivity contribution in [3.63, 3.8) is 0 Å². The fourth-order valence-electron chi connectivity index (χ4n) is 2.14. The molecule has 0 heterocycles. The highest BCUT2D eigenvalue weighted by Crippen LogP contribution is 2.13. The maximum Gasteiger partial charge on any atom is 0.240 e. The number of nitrogens with one attached hydrogen (secondary N) is 1. The van der Waals surface area contributed by atoms with E-state index in [9.17, 15) is 21.6 Å². The molecule has 0 bridgehead atoms. The molecule has 0 aliphatic heterocycles. The molecule has 0 unspecified atom stereocenters.